The average molecular weight is 337 g/mol. The molecule has 0 bridgehead atoms. The Morgan fingerprint density at radius 1 is 1.08 bits per heavy atom. The molecule has 4 rings (SSSR count). The second-order valence-corrected chi connectivity index (χ2v) is 6.38. The molecule has 3 heterocycles. The third-order valence-corrected chi connectivity index (χ3v) is 4.67. The van der Waals surface area contributed by atoms with Crippen molar-refractivity contribution in [3.8, 4) is 5.88 Å². The molecule has 0 saturated carbocycles. The Bertz CT molecular complexity index is 744. The first-order chi connectivity index (χ1) is 11.5. The number of pyridine rings is 1. The highest BCUT2D eigenvalue weighted by Gasteiger charge is 2.36. The number of alkyl halides is 3. The van der Waals surface area contributed by atoms with Crippen molar-refractivity contribution in [1.82, 2.24) is 14.8 Å². The Labute approximate surface area is 137 Å². The molecule has 1 aliphatic carbocycles. The van der Waals surface area contributed by atoms with Gasteiger partial charge in [-0.05, 0) is 50.2 Å². The number of nitrogens with zero attached hydrogens (tertiary/aromatic N) is 3. The van der Waals surface area contributed by atoms with Crippen LogP contribution < -0.4 is 4.74 Å². The van der Waals surface area contributed by atoms with E-state index in [4.69, 9.17) is 4.74 Å². The first kappa shape index (κ1) is 15.5. The van der Waals surface area contributed by atoms with Crippen LogP contribution in [0.5, 0.6) is 5.88 Å². The molecule has 2 aromatic heterocycles. The van der Waals surface area contributed by atoms with Gasteiger partial charge in [-0.3, -0.25) is 4.68 Å². The van der Waals surface area contributed by atoms with E-state index in [1.807, 2.05) is 10.7 Å². The molecule has 0 amide bonds. The van der Waals surface area contributed by atoms with Gasteiger partial charge < -0.3 is 4.74 Å². The smallest absolute Gasteiger partial charge is 0.416 e. The molecule has 0 N–H and O–H groups in total. The Morgan fingerprint density at radius 3 is 2.75 bits per heavy atom. The number of aromatic nitrogens is 3. The fourth-order valence-electron chi connectivity index (χ4n) is 3.54. The van der Waals surface area contributed by atoms with Gasteiger partial charge in [0, 0.05) is 24.0 Å². The normalized spacial score (nSPS) is 16.8. The van der Waals surface area contributed by atoms with E-state index in [-0.39, 0.29) is 12.5 Å². The van der Waals surface area contributed by atoms with Gasteiger partial charge in [-0.25, -0.2) is 4.98 Å². The highest BCUT2D eigenvalue weighted by atomic mass is 19.4. The predicted molar refractivity (Wildman–Crippen MR) is 80.8 cm³/mol. The zero-order valence-electron chi connectivity index (χ0n) is 13.2. The largest absolute Gasteiger partial charge is 0.471 e. The highest BCUT2D eigenvalue weighted by molar-refractivity contribution is 5.39. The van der Waals surface area contributed by atoms with Crippen LogP contribution in [0.2, 0.25) is 0 Å². The maximum absolute atomic E-state index is 13.2. The van der Waals surface area contributed by atoms with Gasteiger partial charge in [0.05, 0.1) is 5.56 Å². The molecule has 2 aliphatic rings. The Kier molecular flexibility index (Phi) is 3.73. The quantitative estimate of drug-likeness (QED) is 0.857. The molecule has 7 heteroatoms. The van der Waals surface area contributed by atoms with Gasteiger partial charge in [-0.15, -0.1) is 0 Å². The number of hydrogen-bond donors (Lipinski definition) is 0. The molecule has 128 valence electrons. The molecule has 0 radical (unpaired) electrons. The summed E-state index contributed by atoms with van der Waals surface area (Å²) in [6, 6.07) is 3.00. The van der Waals surface area contributed by atoms with Crippen LogP contribution in [0.4, 0.5) is 13.2 Å². The Balaban J connectivity index is 1.55. The standard InChI is InChI=1S/C17H18F3N3O/c18-17(19,20)14-9-16(21-15-6-3-5-13(14)15)24-10-11-8-12-4-1-2-7-23(12)22-11/h8-9H,1-7,10H2. The molecule has 0 atom stereocenters. The topological polar surface area (TPSA) is 39.9 Å². The first-order valence-corrected chi connectivity index (χ1v) is 8.29. The average Bonchev–Trinajstić information content (AvgIpc) is 3.17. The maximum Gasteiger partial charge on any atom is 0.416 e. The number of ether oxygens (including phenoxy) is 1. The van der Waals surface area contributed by atoms with Gasteiger partial charge in [0.1, 0.15) is 12.3 Å². The van der Waals surface area contributed by atoms with Crippen LogP contribution in [0.25, 0.3) is 0 Å². The minimum atomic E-state index is -4.37. The van der Waals surface area contributed by atoms with Crippen molar-refractivity contribution in [3.63, 3.8) is 0 Å². The van der Waals surface area contributed by atoms with E-state index >= 15 is 0 Å². The lowest BCUT2D eigenvalue weighted by Crippen LogP contribution is -2.12. The van der Waals surface area contributed by atoms with Crippen molar-refractivity contribution < 1.29 is 17.9 Å². The Hall–Kier alpha value is -2.05. The minimum Gasteiger partial charge on any atom is -0.471 e. The van der Waals surface area contributed by atoms with Crippen LogP contribution in [0.15, 0.2) is 12.1 Å². The number of fused-ring (bicyclic) bond motifs is 2. The second-order valence-electron chi connectivity index (χ2n) is 6.38. The fraction of sp³-hybridized carbons (Fsp3) is 0.529. The van der Waals surface area contributed by atoms with Gasteiger partial charge >= 0.3 is 6.18 Å². The monoisotopic (exact) mass is 337 g/mol. The zero-order valence-corrected chi connectivity index (χ0v) is 13.2. The van der Waals surface area contributed by atoms with E-state index in [9.17, 15) is 13.2 Å². The summed E-state index contributed by atoms with van der Waals surface area (Å²) in [5, 5.41) is 4.45. The molecular formula is C17H18F3N3O. The van der Waals surface area contributed by atoms with Crippen molar-refractivity contribution in [2.24, 2.45) is 0 Å². The van der Waals surface area contributed by atoms with E-state index in [2.05, 4.69) is 10.1 Å². The third-order valence-electron chi connectivity index (χ3n) is 4.67. The summed E-state index contributed by atoms with van der Waals surface area (Å²) < 4.78 is 47.2. The SMILES string of the molecule is FC(F)(F)c1cc(OCc2cc3n(n2)CCCC3)nc2c1CCC2. The molecule has 0 spiro atoms. The summed E-state index contributed by atoms with van der Waals surface area (Å²) in [6.45, 7) is 1.04. The lowest BCUT2D eigenvalue weighted by molar-refractivity contribution is -0.138. The molecule has 0 fully saturated rings. The van der Waals surface area contributed by atoms with Crippen molar-refractivity contribution in [3.05, 3.63) is 40.3 Å². The highest BCUT2D eigenvalue weighted by Crippen LogP contribution is 2.38. The van der Waals surface area contributed by atoms with E-state index in [1.54, 1.807) is 0 Å². The van der Waals surface area contributed by atoms with Crippen molar-refractivity contribution >= 4 is 0 Å². The van der Waals surface area contributed by atoms with Gasteiger partial charge in [0.2, 0.25) is 5.88 Å². The van der Waals surface area contributed by atoms with E-state index in [0.29, 0.717) is 30.5 Å². The van der Waals surface area contributed by atoms with Gasteiger partial charge in [-0.2, -0.15) is 18.3 Å². The molecule has 1 aliphatic heterocycles. The third kappa shape index (κ3) is 2.87. The minimum absolute atomic E-state index is 0.0361. The molecular weight excluding hydrogens is 319 g/mol. The summed E-state index contributed by atoms with van der Waals surface area (Å²) in [5.74, 6) is 0.0361. The molecule has 24 heavy (non-hydrogen) atoms. The van der Waals surface area contributed by atoms with Crippen LogP contribution in [0.1, 0.15) is 47.5 Å². The van der Waals surface area contributed by atoms with Crippen LogP contribution in [-0.4, -0.2) is 14.8 Å². The Morgan fingerprint density at radius 2 is 1.96 bits per heavy atom. The van der Waals surface area contributed by atoms with Gasteiger partial charge in [-0.1, -0.05) is 0 Å². The molecule has 0 saturated heterocycles. The number of aryl methyl sites for hydroxylation is 3. The second kappa shape index (κ2) is 5.79. The van der Waals surface area contributed by atoms with Crippen LogP contribution >= 0.6 is 0 Å². The zero-order chi connectivity index (χ0) is 16.7. The number of hydrogen-bond acceptors (Lipinski definition) is 3. The number of rotatable bonds is 3. The lowest BCUT2D eigenvalue weighted by atomic mass is 10.1. The van der Waals surface area contributed by atoms with Crippen LogP contribution in [0, 0.1) is 0 Å². The first-order valence-electron chi connectivity index (χ1n) is 8.29. The van der Waals surface area contributed by atoms with Crippen LogP contribution in [0.3, 0.4) is 0 Å². The molecule has 0 unspecified atom stereocenters. The van der Waals surface area contributed by atoms with Gasteiger partial charge in [0.25, 0.3) is 0 Å². The predicted octanol–water partition coefficient (Wildman–Crippen LogP) is 3.70. The van der Waals surface area contributed by atoms with Crippen molar-refractivity contribution in [2.45, 2.75) is 57.9 Å². The lowest BCUT2D eigenvalue weighted by Gasteiger charge is -2.14. The molecule has 0 aromatic carbocycles. The molecule has 4 nitrogen and oxygen atoms in total. The van der Waals surface area contributed by atoms with E-state index in [0.717, 1.165) is 43.3 Å². The number of halogens is 3. The summed E-state index contributed by atoms with van der Waals surface area (Å²) in [7, 11) is 0. The summed E-state index contributed by atoms with van der Waals surface area (Å²) in [5.41, 5.74) is 2.14. The van der Waals surface area contributed by atoms with E-state index in [1.165, 1.54) is 0 Å². The van der Waals surface area contributed by atoms with Crippen LogP contribution in [-0.2, 0) is 38.6 Å². The summed E-state index contributed by atoms with van der Waals surface area (Å²) in [4.78, 5) is 4.27. The van der Waals surface area contributed by atoms with Crippen molar-refractivity contribution in [2.75, 3.05) is 0 Å². The summed E-state index contributed by atoms with van der Waals surface area (Å²) in [6.07, 6.45) is 0.594. The van der Waals surface area contributed by atoms with Gasteiger partial charge in [0.15, 0.2) is 0 Å². The van der Waals surface area contributed by atoms with E-state index < -0.39 is 11.7 Å². The fourth-order valence-corrected chi connectivity index (χ4v) is 3.54. The molecule has 2 aromatic rings. The maximum atomic E-state index is 13.2. The van der Waals surface area contributed by atoms with Crippen molar-refractivity contribution in [1.29, 1.82) is 0 Å². The summed E-state index contributed by atoms with van der Waals surface area (Å²) >= 11 is 0.